The first-order chi connectivity index (χ1) is 15.9. The van der Waals surface area contributed by atoms with Crippen LogP contribution in [0.3, 0.4) is 0 Å². The Morgan fingerprint density at radius 1 is 1.06 bits per heavy atom. The number of amides is 3. The van der Waals surface area contributed by atoms with Crippen molar-refractivity contribution in [3.05, 3.63) is 0 Å². The molecular weight excluding hydrogens is 454 g/mol. The molecule has 0 aromatic carbocycles. The summed E-state index contributed by atoms with van der Waals surface area (Å²) in [4.78, 5) is 64.1. The molecule has 0 aromatic heterocycles. The maximum Gasteiger partial charge on any atom is 0.326 e. The Labute approximate surface area is 195 Å². The molecule has 0 aromatic rings. The molecule has 5 unspecified atom stereocenters. The number of nitrogens with two attached hydrogens (primary N) is 2. The highest BCUT2D eigenvalue weighted by Gasteiger charge is 2.34. The van der Waals surface area contributed by atoms with E-state index in [1.807, 2.05) is 0 Å². The number of carbonyl (C=O) groups is 5. The van der Waals surface area contributed by atoms with Crippen molar-refractivity contribution < 1.29 is 39.3 Å². The molecule has 0 saturated carbocycles. The molecule has 34 heavy (non-hydrogen) atoms. The number of nitrogens with one attached hydrogen (secondary N) is 4. The predicted octanol–water partition coefficient (Wildman–Crippen LogP) is -3.81. The number of carboxylic acid groups (broad SMARTS) is 2. The number of carboxylic acids is 2. The summed E-state index contributed by atoms with van der Waals surface area (Å²) in [5.74, 6) is -5.57. The first-order valence-electron chi connectivity index (χ1n) is 10.7. The van der Waals surface area contributed by atoms with E-state index in [4.69, 9.17) is 16.6 Å². The summed E-state index contributed by atoms with van der Waals surface area (Å²) >= 11 is 0. The van der Waals surface area contributed by atoms with Crippen LogP contribution in [0.15, 0.2) is 4.99 Å². The minimum Gasteiger partial charge on any atom is -0.481 e. The fourth-order valence-electron chi connectivity index (χ4n) is 3.25. The lowest BCUT2D eigenvalue weighted by atomic mass is 10.1. The third-order valence-corrected chi connectivity index (χ3v) is 5.01. The SMILES string of the molecule is CC(O)C(NC(=O)C1CCCN1)C(=O)NC(CC(=O)O)C(=O)NC(CCCN=C(N)N)C(=O)O. The first-order valence-corrected chi connectivity index (χ1v) is 10.7. The molecule has 5 atom stereocenters. The molecule has 15 nitrogen and oxygen atoms in total. The molecule has 1 rings (SSSR count). The summed E-state index contributed by atoms with van der Waals surface area (Å²) < 4.78 is 0. The number of guanidine groups is 1. The summed E-state index contributed by atoms with van der Waals surface area (Å²) in [5.41, 5.74) is 10.4. The third-order valence-electron chi connectivity index (χ3n) is 5.01. The second-order valence-electron chi connectivity index (χ2n) is 7.88. The lowest BCUT2D eigenvalue weighted by Crippen LogP contribution is -2.60. The normalized spacial score (nSPS) is 18.6. The summed E-state index contributed by atoms with van der Waals surface area (Å²) in [7, 11) is 0. The highest BCUT2D eigenvalue weighted by Crippen LogP contribution is 2.07. The Balaban J connectivity index is 2.85. The zero-order valence-electron chi connectivity index (χ0n) is 18.8. The van der Waals surface area contributed by atoms with Gasteiger partial charge in [-0.3, -0.25) is 24.2 Å². The maximum atomic E-state index is 12.7. The Kier molecular flexibility index (Phi) is 11.7. The van der Waals surface area contributed by atoms with E-state index in [0.717, 1.165) is 6.42 Å². The van der Waals surface area contributed by atoms with Gasteiger partial charge in [0, 0.05) is 6.54 Å². The van der Waals surface area contributed by atoms with Crippen molar-refractivity contribution in [3.8, 4) is 0 Å². The Morgan fingerprint density at radius 3 is 2.21 bits per heavy atom. The Bertz CT molecular complexity index is 779. The van der Waals surface area contributed by atoms with Crippen molar-refractivity contribution >= 4 is 35.6 Å². The average molecular weight is 488 g/mol. The van der Waals surface area contributed by atoms with Crippen LogP contribution in [0.1, 0.15) is 39.0 Å². The molecule has 0 radical (unpaired) electrons. The van der Waals surface area contributed by atoms with Gasteiger partial charge in [-0.15, -0.1) is 0 Å². The van der Waals surface area contributed by atoms with Crippen molar-refractivity contribution in [3.63, 3.8) is 0 Å². The number of aliphatic carboxylic acids is 2. The minimum absolute atomic E-state index is 0.0632. The fraction of sp³-hybridized carbons (Fsp3) is 0.684. The van der Waals surface area contributed by atoms with E-state index in [1.54, 1.807) is 0 Å². The number of nitrogens with zero attached hydrogens (tertiary/aromatic N) is 1. The smallest absolute Gasteiger partial charge is 0.326 e. The molecule has 15 heteroatoms. The topological polar surface area (TPSA) is 259 Å². The van der Waals surface area contributed by atoms with Gasteiger partial charge in [0.15, 0.2) is 5.96 Å². The molecule has 1 saturated heterocycles. The Morgan fingerprint density at radius 2 is 1.71 bits per heavy atom. The second-order valence-corrected chi connectivity index (χ2v) is 7.88. The van der Waals surface area contributed by atoms with Crippen molar-refractivity contribution in [1.29, 1.82) is 0 Å². The Hall–Kier alpha value is -3.46. The van der Waals surface area contributed by atoms with Gasteiger partial charge in [0.25, 0.3) is 0 Å². The van der Waals surface area contributed by atoms with Crippen molar-refractivity contribution in [2.45, 2.75) is 69.3 Å². The van der Waals surface area contributed by atoms with Gasteiger partial charge in [0.2, 0.25) is 17.7 Å². The molecule has 1 aliphatic rings. The standard InChI is InChI=1S/C19H33N7O8/c1-9(27)14(26-15(30)10-4-2-6-22-10)17(32)25-12(8-13(28)29)16(31)24-11(18(33)34)5-3-7-23-19(20)21/h9-12,14,22,27H,2-8H2,1H3,(H,24,31)(H,25,32)(H,26,30)(H,28,29)(H,33,34)(H4,20,21,23). The van der Waals surface area contributed by atoms with Crippen LogP contribution in [-0.4, -0.2) is 94.3 Å². The van der Waals surface area contributed by atoms with Gasteiger partial charge in [-0.2, -0.15) is 0 Å². The molecule has 0 bridgehead atoms. The summed E-state index contributed by atoms with van der Waals surface area (Å²) in [5, 5.41) is 38.1. The lowest BCUT2D eigenvalue weighted by Gasteiger charge is -2.26. The molecule has 3 amide bonds. The van der Waals surface area contributed by atoms with Crippen molar-refractivity contribution in [2.75, 3.05) is 13.1 Å². The molecule has 1 heterocycles. The van der Waals surface area contributed by atoms with Gasteiger partial charge in [-0.05, 0) is 39.2 Å². The summed E-state index contributed by atoms with van der Waals surface area (Å²) in [6.45, 7) is 1.99. The van der Waals surface area contributed by atoms with E-state index in [-0.39, 0.29) is 25.3 Å². The quantitative estimate of drug-likeness (QED) is 0.0651. The molecule has 192 valence electrons. The van der Waals surface area contributed by atoms with Crippen LogP contribution in [0.5, 0.6) is 0 Å². The average Bonchev–Trinajstić information content (AvgIpc) is 3.27. The molecule has 11 N–H and O–H groups in total. The van der Waals surface area contributed by atoms with Gasteiger partial charge in [-0.1, -0.05) is 0 Å². The van der Waals surface area contributed by atoms with Crippen LogP contribution in [-0.2, 0) is 24.0 Å². The molecule has 1 fully saturated rings. The number of aliphatic hydroxyl groups is 1. The van der Waals surface area contributed by atoms with E-state index < -0.39 is 66.4 Å². The van der Waals surface area contributed by atoms with E-state index in [0.29, 0.717) is 13.0 Å². The molecule has 0 spiro atoms. The van der Waals surface area contributed by atoms with Gasteiger partial charge in [0.1, 0.15) is 18.1 Å². The number of hydrogen-bond acceptors (Lipinski definition) is 8. The first kappa shape index (κ1) is 28.6. The van der Waals surface area contributed by atoms with Crippen LogP contribution in [0.2, 0.25) is 0 Å². The number of aliphatic hydroxyl groups excluding tert-OH is 1. The third kappa shape index (κ3) is 9.99. The highest BCUT2D eigenvalue weighted by atomic mass is 16.4. The number of carbonyl (C=O) groups excluding carboxylic acids is 3. The van der Waals surface area contributed by atoms with Crippen LogP contribution >= 0.6 is 0 Å². The number of hydrogen-bond donors (Lipinski definition) is 9. The van der Waals surface area contributed by atoms with Crippen molar-refractivity contribution in [2.24, 2.45) is 16.5 Å². The predicted molar refractivity (Wildman–Crippen MR) is 118 cm³/mol. The molecule has 1 aliphatic heterocycles. The van der Waals surface area contributed by atoms with E-state index in [9.17, 15) is 34.2 Å². The molecule has 0 aliphatic carbocycles. The van der Waals surface area contributed by atoms with Crippen LogP contribution < -0.4 is 32.7 Å². The largest absolute Gasteiger partial charge is 0.481 e. The zero-order valence-corrected chi connectivity index (χ0v) is 18.8. The number of aliphatic imine (C=N–C) groups is 1. The monoisotopic (exact) mass is 487 g/mol. The second kappa shape index (κ2) is 13.9. The number of rotatable bonds is 14. The van der Waals surface area contributed by atoms with Crippen LogP contribution in [0.25, 0.3) is 0 Å². The van der Waals surface area contributed by atoms with Gasteiger partial charge >= 0.3 is 11.9 Å². The fourth-order valence-corrected chi connectivity index (χ4v) is 3.25. The summed E-state index contributed by atoms with van der Waals surface area (Å²) in [6.07, 6.45) is -0.766. The lowest BCUT2D eigenvalue weighted by molar-refractivity contribution is -0.144. The zero-order chi connectivity index (χ0) is 25.8. The minimum atomic E-state index is -1.66. The van der Waals surface area contributed by atoms with E-state index >= 15 is 0 Å². The van der Waals surface area contributed by atoms with Gasteiger partial charge < -0.3 is 48.1 Å². The van der Waals surface area contributed by atoms with Crippen LogP contribution in [0, 0.1) is 0 Å². The van der Waals surface area contributed by atoms with E-state index in [2.05, 4.69) is 26.3 Å². The highest BCUT2D eigenvalue weighted by molar-refractivity contribution is 5.95. The maximum absolute atomic E-state index is 12.7. The summed E-state index contributed by atoms with van der Waals surface area (Å²) in [6, 6.07) is -5.06. The van der Waals surface area contributed by atoms with Gasteiger partial charge in [0.05, 0.1) is 18.6 Å². The molecular formula is C19H33N7O8. The van der Waals surface area contributed by atoms with E-state index in [1.165, 1.54) is 6.92 Å². The van der Waals surface area contributed by atoms with Crippen LogP contribution in [0.4, 0.5) is 0 Å². The van der Waals surface area contributed by atoms with Gasteiger partial charge in [-0.25, -0.2) is 4.79 Å². The van der Waals surface area contributed by atoms with Crippen molar-refractivity contribution in [1.82, 2.24) is 21.3 Å².